The minimum absolute atomic E-state index is 0.221. The minimum atomic E-state index is -0.516. The van der Waals surface area contributed by atoms with Gasteiger partial charge in [0.1, 0.15) is 0 Å². The van der Waals surface area contributed by atoms with Gasteiger partial charge in [-0.15, -0.1) is 0 Å². The molecule has 4 rings (SSSR count). The number of piperidine rings is 1. The maximum Gasteiger partial charge on any atom is 0.412 e. The second kappa shape index (κ2) is 10.2. The van der Waals surface area contributed by atoms with Gasteiger partial charge in [0.15, 0.2) is 17.3 Å². The number of methoxy groups -OCH3 is 1. The number of ether oxygens (including phenoxy) is 2. The molecule has 3 fully saturated rings. The molecule has 3 heterocycles. The molecule has 0 aromatic carbocycles. The van der Waals surface area contributed by atoms with Crippen molar-refractivity contribution in [2.75, 3.05) is 38.2 Å². The molecule has 1 atom stereocenters. The maximum absolute atomic E-state index is 13.6. The molecule has 1 saturated carbocycles. The summed E-state index contributed by atoms with van der Waals surface area (Å²) in [4.78, 5) is 34.2. The fourth-order valence-electron chi connectivity index (χ4n) is 5.49. The molecule has 2 amide bonds. The van der Waals surface area contributed by atoms with E-state index in [1.807, 2.05) is 6.92 Å². The van der Waals surface area contributed by atoms with Gasteiger partial charge in [-0.2, -0.15) is 0 Å². The lowest BCUT2D eigenvalue weighted by atomic mass is 9.78. The SMILES string of the molecule is CCCNC(=O)Oc1cnc(N2CCCC3(CCN(C4CCC(O)CC4)C3=O)C2)c(OC)c1. The lowest BCUT2D eigenvalue weighted by Crippen LogP contribution is -2.50. The van der Waals surface area contributed by atoms with Crippen LogP contribution in [-0.4, -0.2) is 72.4 Å². The van der Waals surface area contributed by atoms with Crippen LogP contribution in [0.4, 0.5) is 10.6 Å². The Kier molecular flexibility index (Phi) is 7.26. The van der Waals surface area contributed by atoms with Crippen LogP contribution in [0.25, 0.3) is 0 Å². The molecule has 1 aliphatic carbocycles. The summed E-state index contributed by atoms with van der Waals surface area (Å²) >= 11 is 0. The third-order valence-electron chi connectivity index (χ3n) is 7.29. The fraction of sp³-hybridized carbons (Fsp3) is 0.708. The van der Waals surface area contributed by atoms with Crippen LogP contribution >= 0.6 is 0 Å². The van der Waals surface area contributed by atoms with Crippen LogP contribution in [-0.2, 0) is 4.79 Å². The van der Waals surface area contributed by atoms with Crippen LogP contribution in [0, 0.1) is 5.41 Å². The number of anilines is 1. The van der Waals surface area contributed by atoms with Crippen molar-refractivity contribution >= 4 is 17.8 Å². The Morgan fingerprint density at radius 2 is 2.06 bits per heavy atom. The third-order valence-corrected chi connectivity index (χ3v) is 7.29. The number of hydrogen-bond donors (Lipinski definition) is 2. The Morgan fingerprint density at radius 3 is 2.79 bits per heavy atom. The van der Waals surface area contributed by atoms with Crippen LogP contribution in [0.5, 0.6) is 11.5 Å². The zero-order valence-electron chi connectivity index (χ0n) is 19.7. The van der Waals surface area contributed by atoms with E-state index in [0.29, 0.717) is 30.4 Å². The van der Waals surface area contributed by atoms with E-state index in [4.69, 9.17) is 9.47 Å². The highest BCUT2D eigenvalue weighted by Gasteiger charge is 2.51. The van der Waals surface area contributed by atoms with E-state index in [0.717, 1.165) is 64.5 Å². The Morgan fingerprint density at radius 1 is 1.27 bits per heavy atom. The van der Waals surface area contributed by atoms with Gasteiger partial charge in [-0.25, -0.2) is 9.78 Å². The summed E-state index contributed by atoms with van der Waals surface area (Å²) in [5, 5.41) is 12.5. The normalized spacial score (nSPS) is 27.7. The number of nitrogens with zero attached hydrogens (tertiary/aromatic N) is 3. The topological polar surface area (TPSA) is 104 Å². The Hall–Kier alpha value is -2.55. The van der Waals surface area contributed by atoms with Crippen molar-refractivity contribution < 1.29 is 24.2 Å². The van der Waals surface area contributed by atoms with Crippen LogP contribution in [0.1, 0.15) is 58.3 Å². The number of carbonyl (C=O) groups excluding carboxylic acids is 2. The summed E-state index contributed by atoms with van der Waals surface area (Å²) in [6.07, 6.45) is 7.58. The number of amides is 2. The smallest absolute Gasteiger partial charge is 0.412 e. The van der Waals surface area contributed by atoms with Crippen molar-refractivity contribution in [1.82, 2.24) is 15.2 Å². The highest BCUT2D eigenvalue weighted by atomic mass is 16.6. The van der Waals surface area contributed by atoms with Crippen LogP contribution in [0.15, 0.2) is 12.3 Å². The van der Waals surface area contributed by atoms with Gasteiger partial charge in [0.05, 0.1) is 24.8 Å². The van der Waals surface area contributed by atoms with Crippen LogP contribution in [0.2, 0.25) is 0 Å². The van der Waals surface area contributed by atoms with Gasteiger partial charge < -0.3 is 29.7 Å². The van der Waals surface area contributed by atoms with Crippen molar-refractivity contribution in [3.8, 4) is 11.5 Å². The molecular weight excluding hydrogens is 424 g/mol. The van der Waals surface area contributed by atoms with Gasteiger partial charge >= 0.3 is 6.09 Å². The molecule has 3 aliphatic rings. The predicted octanol–water partition coefficient (Wildman–Crippen LogP) is 2.71. The van der Waals surface area contributed by atoms with Gasteiger partial charge in [-0.1, -0.05) is 6.92 Å². The number of rotatable bonds is 6. The molecule has 0 bridgehead atoms. The van der Waals surface area contributed by atoms with Crippen LogP contribution in [0.3, 0.4) is 0 Å². The quantitative estimate of drug-likeness (QED) is 0.673. The summed E-state index contributed by atoms with van der Waals surface area (Å²) in [5.74, 6) is 1.76. The third kappa shape index (κ3) is 5.03. The van der Waals surface area contributed by atoms with E-state index in [1.54, 1.807) is 13.2 Å². The van der Waals surface area contributed by atoms with Gasteiger partial charge in [0.2, 0.25) is 5.91 Å². The van der Waals surface area contributed by atoms with Gasteiger partial charge in [0, 0.05) is 38.3 Å². The Labute approximate surface area is 195 Å². The summed E-state index contributed by atoms with van der Waals surface area (Å²) in [6, 6.07) is 1.92. The minimum Gasteiger partial charge on any atom is -0.493 e. The fourth-order valence-corrected chi connectivity index (χ4v) is 5.49. The number of nitrogens with one attached hydrogen (secondary N) is 1. The predicted molar refractivity (Wildman–Crippen MR) is 124 cm³/mol. The number of hydrogen-bond acceptors (Lipinski definition) is 7. The van der Waals surface area contributed by atoms with Crippen molar-refractivity contribution in [2.45, 2.75) is 70.4 Å². The standard InChI is InChI=1S/C24H36N4O5/c1-3-11-25-23(31)33-19-14-20(32-2)21(26-15-19)27-12-4-9-24(16-27)10-13-28(22(24)30)17-5-7-18(29)8-6-17/h14-15,17-18,29H,3-13,16H2,1-2H3,(H,25,31). The van der Waals surface area contributed by atoms with E-state index in [2.05, 4.69) is 20.1 Å². The first-order valence-corrected chi connectivity index (χ1v) is 12.2. The zero-order valence-corrected chi connectivity index (χ0v) is 19.7. The average Bonchev–Trinajstić information content (AvgIpc) is 3.13. The Balaban J connectivity index is 1.46. The van der Waals surface area contributed by atoms with Crippen molar-refractivity contribution in [3.63, 3.8) is 0 Å². The first kappa shape index (κ1) is 23.6. The first-order valence-electron chi connectivity index (χ1n) is 12.2. The summed E-state index contributed by atoms with van der Waals surface area (Å²) in [7, 11) is 1.57. The summed E-state index contributed by atoms with van der Waals surface area (Å²) in [5.41, 5.74) is -0.393. The number of pyridine rings is 1. The molecule has 9 heteroatoms. The second-order valence-corrected chi connectivity index (χ2v) is 9.53. The lowest BCUT2D eigenvalue weighted by Gasteiger charge is -2.41. The molecule has 2 N–H and O–H groups in total. The van der Waals surface area contributed by atoms with E-state index >= 15 is 0 Å². The van der Waals surface area contributed by atoms with Crippen molar-refractivity contribution in [1.29, 1.82) is 0 Å². The molecule has 1 aromatic heterocycles. The summed E-state index contributed by atoms with van der Waals surface area (Å²) in [6.45, 7) is 4.71. The van der Waals surface area contributed by atoms with E-state index in [-0.39, 0.29) is 18.1 Å². The molecule has 182 valence electrons. The molecule has 1 aromatic rings. The summed E-state index contributed by atoms with van der Waals surface area (Å²) < 4.78 is 10.9. The van der Waals surface area contributed by atoms with Crippen LogP contribution < -0.4 is 19.7 Å². The molecule has 0 radical (unpaired) electrons. The molecule has 33 heavy (non-hydrogen) atoms. The van der Waals surface area contributed by atoms with Crippen molar-refractivity contribution in [3.05, 3.63) is 12.3 Å². The number of likely N-dealkylation sites (tertiary alicyclic amines) is 1. The zero-order chi connectivity index (χ0) is 23.4. The average molecular weight is 461 g/mol. The Bertz CT molecular complexity index is 857. The number of aromatic nitrogens is 1. The highest BCUT2D eigenvalue weighted by Crippen LogP contribution is 2.44. The molecule has 2 aliphatic heterocycles. The highest BCUT2D eigenvalue weighted by molar-refractivity contribution is 5.86. The lowest BCUT2D eigenvalue weighted by molar-refractivity contribution is -0.139. The monoisotopic (exact) mass is 460 g/mol. The first-order chi connectivity index (χ1) is 16.0. The van der Waals surface area contributed by atoms with Gasteiger partial charge in [-0.3, -0.25) is 4.79 Å². The van der Waals surface area contributed by atoms with E-state index in [1.165, 1.54) is 6.20 Å². The molecule has 9 nitrogen and oxygen atoms in total. The maximum atomic E-state index is 13.6. The van der Waals surface area contributed by atoms with E-state index < -0.39 is 11.5 Å². The van der Waals surface area contributed by atoms with Crippen molar-refractivity contribution in [2.24, 2.45) is 5.41 Å². The van der Waals surface area contributed by atoms with Gasteiger partial charge in [-0.05, 0) is 51.4 Å². The largest absolute Gasteiger partial charge is 0.493 e. The molecule has 1 unspecified atom stereocenters. The molecule has 2 saturated heterocycles. The molecule has 1 spiro atoms. The second-order valence-electron chi connectivity index (χ2n) is 9.53. The van der Waals surface area contributed by atoms with E-state index in [9.17, 15) is 14.7 Å². The number of aliphatic hydroxyl groups excluding tert-OH is 1. The number of carbonyl (C=O) groups is 2. The van der Waals surface area contributed by atoms with Gasteiger partial charge in [0.25, 0.3) is 0 Å². The number of aliphatic hydroxyl groups is 1. The molecular formula is C24H36N4O5.